The minimum atomic E-state index is -0.598. The largest absolute Gasteiger partial charge is 0.305 e. The molecule has 0 fully saturated rings. The van der Waals surface area contributed by atoms with E-state index in [1.54, 1.807) is 30.3 Å². The maximum absolute atomic E-state index is 14.2. The molecule has 4 rings (SSSR count). The smallest absolute Gasteiger partial charge is 0.266 e. The fourth-order valence-corrected chi connectivity index (χ4v) is 3.43. The highest BCUT2D eigenvalue weighted by Crippen LogP contribution is 2.24. The molecule has 5 nitrogen and oxygen atoms in total. The Balaban J connectivity index is 1.96. The summed E-state index contributed by atoms with van der Waals surface area (Å²) in [6, 6.07) is 16.0. The van der Waals surface area contributed by atoms with Crippen LogP contribution in [0.15, 0.2) is 71.5 Å². The van der Waals surface area contributed by atoms with Gasteiger partial charge in [-0.15, -0.1) is 0 Å². The molecule has 1 aromatic heterocycles. The lowest BCUT2D eigenvalue weighted by atomic mass is 10.2. The van der Waals surface area contributed by atoms with E-state index in [1.807, 2.05) is 0 Å². The van der Waals surface area contributed by atoms with Gasteiger partial charge in [0.1, 0.15) is 17.5 Å². The van der Waals surface area contributed by atoms with E-state index in [-0.39, 0.29) is 34.0 Å². The molecule has 0 atom stereocenters. The lowest BCUT2D eigenvalue weighted by Gasteiger charge is -2.21. The van der Waals surface area contributed by atoms with Crippen LogP contribution in [-0.4, -0.2) is 16.0 Å². The molecule has 1 heterocycles. The summed E-state index contributed by atoms with van der Waals surface area (Å²) in [4.78, 5) is 30.5. The third kappa shape index (κ3) is 3.55. The van der Waals surface area contributed by atoms with Gasteiger partial charge in [-0.25, -0.2) is 13.8 Å². The van der Waals surface area contributed by atoms with Crippen molar-refractivity contribution in [1.29, 1.82) is 0 Å². The van der Waals surface area contributed by atoms with Crippen molar-refractivity contribution in [1.82, 2.24) is 9.55 Å². The number of carbonyl (C=O) groups is 1. The zero-order valence-electron chi connectivity index (χ0n) is 15.4. The molecular formula is C22H14ClF2N3O2. The highest BCUT2D eigenvalue weighted by molar-refractivity contribution is 6.32. The average Bonchev–Trinajstić information content (AvgIpc) is 2.74. The Morgan fingerprint density at radius 2 is 1.77 bits per heavy atom. The average molecular weight is 426 g/mol. The van der Waals surface area contributed by atoms with E-state index in [9.17, 15) is 18.4 Å². The number of anilines is 1. The molecule has 3 aromatic carbocycles. The van der Waals surface area contributed by atoms with Gasteiger partial charge in [0.05, 0.1) is 33.8 Å². The zero-order chi connectivity index (χ0) is 21.3. The van der Waals surface area contributed by atoms with Crippen LogP contribution >= 0.6 is 11.6 Å². The van der Waals surface area contributed by atoms with E-state index in [2.05, 4.69) is 4.98 Å². The van der Waals surface area contributed by atoms with Crippen LogP contribution in [0.4, 0.5) is 14.5 Å². The molecule has 0 unspecified atom stereocenters. The summed E-state index contributed by atoms with van der Waals surface area (Å²) < 4.78 is 29.2. The van der Waals surface area contributed by atoms with Crippen molar-refractivity contribution in [2.45, 2.75) is 6.54 Å². The number of aromatic nitrogens is 2. The van der Waals surface area contributed by atoms with Crippen molar-refractivity contribution in [2.75, 3.05) is 4.90 Å². The fraction of sp³-hybridized carbons (Fsp3) is 0.0455. The second-order valence-corrected chi connectivity index (χ2v) is 6.87. The van der Waals surface area contributed by atoms with Crippen LogP contribution in [-0.2, 0) is 11.3 Å². The Hall–Kier alpha value is -3.58. The number of rotatable bonds is 5. The standard InChI is InChI=1S/C22H14ClF2N3O2/c23-16-5-1-3-7-19(16)28-21(12-27(13-29)20-8-4-2-6-17(20)25)26-18-10-9-14(24)11-15(18)22(28)30/h1-11,13H,12H2. The first-order valence-corrected chi connectivity index (χ1v) is 9.30. The number of fused-ring (bicyclic) bond motifs is 1. The lowest BCUT2D eigenvalue weighted by molar-refractivity contribution is -0.107. The van der Waals surface area contributed by atoms with Gasteiger partial charge in [-0.05, 0) is 42.5 Å². The minimum absolute atomic E-state index is 0.0339. The second-order valence-electron chi connectivity index (χ2n) is 6.47. The molecule has 1 amide bonds. The molecule has 0 bridgehead atoms. The number of carbonyl (C=O) groups excluding carboxylic acids is 1. The first kappa shape index (κ1) is 19.7. The molecule has 0 spiro atoms. The van der Waals surface area contributed by atoms with E-state index in [4.69, 9.17) is 11.6 Å². The molecule has 4 aromatic rings. The summed E-state index contributed by atoms with van der Waals surface area (Å²) in [6.45, 7) is -0.210. The van der Waals surface area contributed by atoms with E-state index in [0.717, 1.165) is 11.0 Å². The first-order valence-electron chi connectivity index (χ1n) is 8.92. The summed E-state index contributed by atoms with van der Waals surface area (Å²) in [7, 11) is 0. The Morgan fingerprint density at radius 3 is 2.50 bits per heavy atom. The number of hydrogen-bond acceptors (Lipinski definition) is 3. The Kier molecular flexibility index (Phi) is 5.29. The highest BCUT2D eigenvalue weighted by atomic mass is 35.5. The van der Waals surface area contributed by atoms with E-state index in [1.165, 1.54) is 34.9 Å². The van der Waals surface area contributed by atoms with Gasteiger partial charge in [-0.3, -0.25) is 14.2 Å². The van der Waals surface area contributed by atoms with Gasteiger partial charge in [0.2, 0.25) is 6.41 Å². The molecule has 0 radical (unpaired) electrons. The first-order chi connectivity index (χ1) is 14.5. The molecule has 0 aliphatic carbocycles. The summed E-state index contributed by atoms with van der Waals surface area (Å²) in [5.41, 5.74) is 0.0462. The third-order valence-electron chi connectivity index (χ3n) is 4.59. The number of nitrogens with zero attached hydrogens (tertiary/aromatic N) is 3. The van der Waals surface area contributed by atoms with Crippen LogP contribution < -0.4 is 10.5 Å². The van der Waals surface area contributed by atoms with Crippen molar-refractivity contribution < 1.29 is 13.6 Å². The molecule has 0 aliphatic rings. The van der Waals surface area contributed by atoms with E-state index in [0.29, 0.717) is 12.1 Å². The quantitative estimate of drug-likeness (QED) is 0.443. The predicted octanol–water partition coefficient (Wildman–Crippen LogP) is 4.48. The summed E-state index contributed by atoms with van der Waals surface area (Å²) in [6.07, 6.45) is 0.455. The number of hydrogen-bond donors (Lipinski definition) is 0. The maximum atomic E-state index is 14.2. The molecule has 0 saturated heterocycles. The molecule has 0 N–H and O–H groups in total. The molecule has 8 heteroatoms. The maximum Gasteiger partial charge on any atom is 0.266 e. The van der Waals surface area contributed by atoms with Crippen LogP contribution in [0, 0.1) is 11.6 Å². The van der Waals surface area contributed by atoms with Crippen molar-refractivity contribution in [2.24, 2.45) is 0 Å². The Bertz CT molecular complexity index is 1320. The third-order valence-corrected chi connectivity index (χ3v) is 4.91. The second kappa shape index (κ2) is 8.04. The van der Waals surface area contributed by atoms with Gasteiger partial charge in [-0.1, -0.05) is 35.9 Å². The Labute approximate surface area is 174 Å². The van der Waals surface area contributed by atoms with Crippen molar-refractivity contribution in [3.63, 3.8) is 0 Å². The molecule has 0 saturated carbocycles. The van der Waals surface area contributed by atoms with Crippen LogP contribution in [0.25, 0.3) is 16.6 Å². The van der Waals surface area contributed by atoms with E-state index < -0.39 is 17.2 Å². The molecule has 30 heavy (non-hydrogen) atoms. The number of halogens is 3. The van der Waals surface area contributed by atoms with Gasteiger partial charge in [0, 0.05) is 0 Å². The molecule has 150 valence electrons. The number of benzene rings is 3. The number of para-hydroxylation sites is 2. The minimum Gasteiger partial charge on any atom is -0.305 e. The van der Waals surface area contributed by atoms with Crippen LogP contribution in [0.3, 0.4) is 0 Å². The predicted molar refractivity (Wildman–Crippen MR) is 111 cm³/mol. The zero-order valence-corrected chi connectivity index (χ0v) is 16.2. The highest BCUT2D eigenvalue weighted by Gasteiger charge is 2.19. The normalized spacial score (nSPS) is 10.9. The van der Waals surface area contributed by atoms with Crippen LogP contribution in [0.1, 0.15) is 5.82 Å². The van der Waals surface area contributed by atoms with Gasteiger partial charge >= 0.3 is 0 Å². The van der Waals surface area contributed by atoms with Gasteiger partial charge in [0.15, 0.2) is 0 Å². The fourth-order valence-electron chi connectivity index (χ4n) is 3.21. The number of amides is 1. The summed E-state index contributed by atoms with van der Waals surface area (Å²) in [5, 5.41) is 0.323. The SMILES string of the molecule is O=CN(Cc1nc2ccc(F)cc2c(=O)n1-c1ccccc1Cl)c1ccccc1F. The van der Waals surface area contributed by atoms with Crippen molar-refractivity contribution in [3.8, 4) is 5.69 Å². The topological polar surface area (TPSA) is 55.2 Å². The Morgan fingerprint density at radius 1 is 1.03 bits per heavy atom. The van der Waals surface area contributed by atoms with Gasteiger partial charge in [0.25, 0.3) is 5.56 Å². The summed E-state index contributed by atoms with van der Waals surface area (Å²) in [5.74, 6) is -1.04. The van der Waals surface area contributed by atoms with Crippen LogP contribution in [0.5, 0.6) is 0 Å². The van der Waals surface area contributed by atoms with E-state index >= 15 is 0 Å². The molecule has 0 aliphatic heterocycles. The summed E-state index contributed by atoms with van der Waals surface area (Å²) >= 11 is 6.29. The molecular weight excluding hydrogens is 412 g/mol. The lowest BCUT2D eigenvalue weighted by Crippen LogP contribution is -2.30. The van der Waals surface area contributed by atoms with Gasteiger partial charge < -0.3 is 4.90 Å². The monoisotopic (exact) mass is 425 g/mol. The van der Waals surface area contributed by atoms with Crippen LogP contribution in [0.2, 0.25) is 5.02 Å². The van der Waals surface area contributed by atoms with Gasteiger partial charge in [-0.2, -0.15) is 0 Å². The van der Waals surface area contributed by atoms with Crippen molar-refractivity contribution >= 4 is 34.6 Å². The van der Waals surface area contributed by atoms with Crippen molar-refractivity contribution in [3.05, 3.63) is 99.6 Å².